The van der Waals surface area contributed by atoms with E-state index in [-0.39, 0.29) is 6.61 Å². The molecule has 0 radical (unpaired) electrons. The zero-order chi connectivity index (χ0) is 20.1. The van der Waals surface area contributed by atoms with Gasteiger partial charge in [-0.2, -0.15) is 5.10 Å². The second-order valence-corrected chi connectivity index (χ2v) is 5.95. The van der Waals surface area contributed by atoms with Crippen molar-refractivity contribution >= 4 is 11.6 Å². The Morgan fingerprint density at radius 3 is 2.32 bits per heavy atom. The number of hydrogen-bond acceptors (Lipinski definition) is 7. The smallest absolute Gasteiger partial charge is 0.284 e. The lowest BCUT2D eigenvalue weighted by Crippen LogP contribution is -2.42. The highest BCUT2D eigenvalue weighted by Gasteiger charge is 2.27. The highest BCUT2D eigenvalue weighted by molar-refractivity contribution is 6.00. The first-order valence-electron chi connectivity index (χ1n) is 8.60. The minimum Gasteiger partial charge on any atom is -0.493 e. The summed E-state index contributed by atoms with van der Waals surface area (Å²) in [7, 11) is 4.60. The highest BCUT2D eigenvalue weighted by Crippen LogP contribution is 2.38. The lowest BCUT2D eigenvalue weighted by molar-refractivity contribution is -0.130. The summed E-state index contributed by atoms with van der Waals surface area (Å²) < 4.78 is 27.2. The zero-order valence-corrected chi connectivity index (χ0v) is 16.1. The summed E-state index contributed by atoms with van der Waals surface area (Å²) in [6.45, 7) is 1.87. The van der Waals surface area contributed by atoms with Crippen molar-refractivity contribution in [1.82, 2.24) is 5.43 Å². The van der Waals surface area contributed by atoms with Crippen molar-refractivity contribution in [2.24, 2.45) is 5.10 Å². The van der Waals surface area contributed by atoms with E-state index >= 15 is 0 Å². The lowest BCUT2D eigenvalue weighted by Gasteiger charge is -2.24. The van der Waals surface area contributed by atoms with Crippen LogP contribution in [-0.2, 0) is 4.79 Å². The maximum absolute atomic E-state index is 12.4. The Morgan fingerprint density at radius 2 is 1.71 bits per heavy atom. The largest absolute Gasteiger partial charge is 0.493 e. The van der Waals surface area contributed by atoms with E-state index in [2.05, 4.69) is 10.5 Å². The van der Waals surface area contributed by atoms with Gasteiger partial charge in [-0.3, -0.25) is 4.79 Å². The van der Waals surface area contributed by atoms with Gasteiger partial charge in [-0.05, 0) is 31.2 Å². The quantitative estimate of drug-likeness (QED) is 0.606. The van der Waals surface area contributed by atoms with Gasteiger partial charge in [0.1, 0.15) is 6.61 Å². The molecule has 1 N–H and O–H groups in total. The van der Waals surface area contributed by atoms with Crippen LogP contribution in [0.2, 0.25) is 0 Å². The maximum Gasteiger partial charge on any atom is 0.284 e. The molecule has 8 nitrogen and oxygen atoms in total. The van der Waals surface area contributed by atoms with Gasteiger partial charge < -0.3 is 23.7 Å². The van der Waals surface area contributed by atoms with Gasteiger partial charge in [-0.1, -0.05) is 12.1 Å². The van der Waals surface area contributed by atoms with Crippen LogP contribution in [0.1, 0.15) is 12.5 Å². The van der Waals surface area contributed by atoms with Gasteiger partial charge in [-0.15, -0.1) is 0 Å². The Morgan fingerprint density at radius 1 is 1.07 bits per heavy atom. The van der Waals surface area contributed by atoms with Crippen LogP contribution in [0.5, 0.6) is 28.7 Å². The molecule has 1 aliphatic heterocycles. The molecule has 1 heterocycles. The Labute approximate surface area is 163 Å². The van der Waals surface area contributed by atoms with E-state index in [0.29, 0.717) is 40.0 Å². The normalized spacial score (nSPS) is 15.6. The van der Waals surface area contributed by atoms with Crippen LogP contribution in [-0.4, -0.2) is 45.7 Å². The van der Waals surface area contributed by atoms with Crippen LogP contribution < -0.4 is 29.1 Å². The van der Waals surface area contributed by atoms with Crippen LogP contribution in [0.4, 0.5) is 0 Å². The molecule has 8 heteroatoms. The van der Waals surface area contributed by atoms with Gasteiger partial charge in [-0.25, -0.2) is 5.43 Å². The molecule has 1 amide bonds. The summed E-state index contributed by atoms with van der Waals surface area (Å²) in [5, 5.41) is 4.16. The Kier molecular flexibility index (Phi) is 5.88. The molecule has 0 spiro atoms. The van der Waals surface area contributed by atoms with Crippen molar-refractivity contribution in [1.29, 1.82) is 0 Å². The molecule has 2 aromatic carbocycles. The van der Waals surface area contributed by atoms with Crippen molar-refractivity contribution in [3.05, 3.63) is 42.0 Å². The van der Waals surface area contributed by atoms with Crippen LogP contribution in [0, 0.1) is 0 Å². The van der Waals surface area contributed by atoms with Gasteiger partial charge in [0.15, 0.2) is 23.0 Å². The second kappa shape index (κ2) is 8.51. The lowest BCUT2D eigenvalue weighted by atomic mass is 10.1. The number of rotatable bonds is 6. The molecule has 0 fully saturated rings. The topological polar surface area (TPSA) is 87.6 Å². The van der Waals surface area contributed by atoms with Gasteiger partial charge >= 0.3 is 0 Å². The number of hydrazone groups is 1. The number of methoxy groups -OCH3 is 3. The molecule has 0 aromatic heterocycles. The van der Waals surface area contributed by atoms with Crippen molar-refractivity contribution in [3.63, 3.8) is 0 Å². The van der Waals surface area contributed by atoms with E-state index < -0.39 is 12.0 Å². The van der Waals surface area contributed by atoms with E-state index in [1.807, 2.05) is 12.1 Å². The SMILES string of the molecule is COc1cc(/C(C)=N\NC(=O)[C@H]2COc3ccccc3O2)cc(OC)c1OC. The Hall–Kier alpha value is -3.42. The number of nitrogens with zero attached hydrogens (tertiary/aromatic N) is 1. The van der Waals surface area contributed by atoms with Crippen LogP contribution in [0.25, 0.3) is 0 Å². The van der Waals surface area contributed by atoms with Crippen molar-refractivity contribution in [3.8, 4) is 28.7 Å². The molecular weight excluding hydrogens is 364 g/mol. The number of para-hydroxylation sites is 2. The third-order valence-corrected chi connectivity index (χ3v) is 4.22. The number of benzene rings is 2. The molecule has 28 heavy (non-hydrogen) atoms. The fourth-order valence-corrected chi connectivity index (χ4v) is 2.71. The first kappa shape index (κ1) is 19.3. The molecule has 3 rings (SSSR count). The third-order valence-electron chi connectivity index (χ3n) is 4.22. The van der Waals surface area contributed by atoms with Gasteiger partial charge in [0.25, 0.3) is 5.91 Å². The second-order valence-electron chi connectivity index (χ2n) is 5.95. The van der Waals surface area contributed by atoms with Crippen molar-refractivity contribution in [2.45, 2.75) is 13.0 Å². The van der Waals surface area contributed by atoms with Crippen LogP contribution >= 0.6 is 0 Å². The molecule has 0 unspecified atom stereocenters. The Balaban J connectivity index is 1.73. The standard InChI is InChI=1S/C20H22N2O6/c1-12(13-9-16(24-2)19(26-4)17(10-13)25-3)21-22-20(23)18-11-27-14-7-5-6-8-15(14)28-18/h5-10,18H,11H2,1-4H3,(H,22,23)/b21-12-/t18-/m1/s1. The molecule has 2 aromatic rings. The minimum absolute atomic E-state index is 0.113. The number of ether oxygens (including phenoxy) is 5. The fourth-order valence-electron chi connectivity index (χ4n) is 2.71. The number of amides is 1. The number of hydrogen-bond donors (Lipinski definition) is 1. The van der Waals surface area contributed by atoms with E-state index in [1.165, 1.54) is 21.3 Å². The fraction of sp³-hybridized carbons (Fsp3) is 0.300. The predicted octanol–water partition coefficient (Wildman–Crippen LogP) is 2.39. The van der Waals surface area contributed by atoms with E-state index in [4.69, 9.17) is 23.7 Å². The molecular formula is C20H22N2O6. The number of carbonyl (C=O) groups is 1. The molecule has 0 bridgehead atoms. The molecule has 0 saturated heterocycles. The summed E-state index contributed by atoms with van der Waals surface area (Å²) in [5.41, 5.74) is 3.79. The van der Waals surface area contributed by atoms with E-state index in [1.54, 1.807) is 31.2 Å². The molecule has 1 atom stereocenters. The summed E-state index contributed by atoms with van der Waals surface area (Å²) in [6.07, 6.45) is -0.786. The molecule has 0 aliphatic carbocycles. The summed E-state index contributed by atoms with van der Waals surface area (Å²) in [4.78, 5) is 12.4. The zero-order valence-electron chi connectivity index (χ0n) is 16.1. The maximum atomic E-state index is 12.4. The first-order chi connectivity index (χ1) is 13.6. The first-order valence-corrected chi connectivity index (χ1v) is 8.60. The number of carbonyl (C=O) groups excluding carboxylic acids is 1. The average Bonchev–Trinajstić information content (AvgIpc) is 2.75. The summed E-state index contributed by atoms with van der Waals surface area (Å²) in [5.74, 6) is 2.22. The Bertz CT molecular complexity index is 871. The summed E-state index contributed by atoms with van der Waals surface area (Å²) in [6, 6.07) is 10.7. The number of nitrogens with one attached hydrogen (secondary N) is 1. The average molecular weight is 386 g/mol. The van der Waals surface area contributed by atoms with Crippen molar-refractivity contribution in [2.75, 3.05) is 27.9 Å². The highest BCUT2D eigenvalue weighted by atomic mass is 16.6. The number of fused-ring (bicyclic) bond motifs is 1. The summed E-state index contributed by atoms with van der Waals surface area (Å²) >= 11 is 0. The van der Waals surface area contributed by atoms with Crippen LogP contribution in [0.15, 0.2) is 41.5 Å². The molecule has 0 saturated carbocycles. The third kappa shape index (κ3) is 3.95. The molecule has 148 valence electrons. The van der Waals surface area contributed by atoms with E-state index in [0.717, 1.165) is 0 Å². The van der Waals surface area contributed by atoms with Crippen molar-refractivity contribution < 1.29 is 28.5 Å². The monoisotopic (exact) mass is 386 g/mol. The minimum atomic E-state index is -0.786. The predicted molar refractivity (Wildman–Crippen MR) is 103 cm³/mol. The van der Waals surface area contributed by atoms with Gasteiger partial charge in [0.2, 0.25) is 11.9 Å². The van der Waals surface area contributed by atoms with Crippen LogP contribution in [0.3, 0.4) is 0 Å². The van der Waals surface area contributed by atoms with E-state index in [9.17, 15) is 4.79 Å². The molecule has 1 aliphatic rings. The van der Waals surface area contributed by atoms with Gasteiger partial charge in [0, 0.05) is 5.56 Å². The van der Waals surface area contributed by atoms with Gasteiger partial charge in [0.05, 0.1) is 27.0 Å².